The van der Waals surface area contributed by atoms with Gasteiger partial charge in [-0.05, 0) is 40.5 Å². The monoisotopic (exact) mass is 274 g/mol. The summed E-state index contributed by atoms with van der Waals surface area (Å²) < 4.78 is 0. The van der Waals surface area contributed by atoms with Crippen molar-refractivity contribution in [2.75, 3.05) is 5.73 Å². The van der Waals surface area contributed by atoms with E-state index in [0.717, 1.165) is 33.5 Å². The van der Waals surface area contributed by atoms with Crippen LogP contribution in [0.15, 0.2) is 72.8 Å². The molecule has 0 radical (unpaired) electrons. The fourth-order valence-electron chi connectivity index (χ4n) is 2.48. The Morgan fingerprint density at radius 1 is 0.667 bits per heavy atom. The van der Waals surface area contributed by atoms with E-state index in [1.54, 1.807) is 0 Å². The topological polar surface area (TPSA) is 52.0 Å². The maximum atomic E-state index is 6.14. The van der Waals surface area contributed by atoms with Crippen LogP contribution in [-0.2, 0) is 6.54 Å². The van der Waals surface area contributed by atoms with Crippen LogP contribution in [0.3, 0.4) is 0 Å². The molecule has 0 spiro atoms. The zero-order valence-corrected chi connectivity index (χ0v) is 11.8. The number of hydrogen-bond acceptors (Lipinski definition) is 2. The molecule has 2 heteroatoms. The van der Waals surface area contributed by atoms with Crippen LogP contribution in [0.25, 0.3) is 22.3 Å². The Morgan fingerprint density at radius 2 is 1.38 bits per heavy atom. The van der Waals surface area contributed by atoms with Crippen LogP contribution in [0.5, 0.6) is 0 Å². The maximum absolute atomic E-state index is 6.14. The van der Waals surface area contributed by atoms with Gasteiger partial charge in [-0.15, -0.1) is 0 Å². The average molecular weight is 274 g/mol. The van der Waals surface area contributed by atoms with Crippen molar-refractivity contribution in [3.63, 3.8) is 0 Å². The number of hydrogen-bond donors (Lipinski definition) is 2. The largest absolute Gasteiger partial charge is 0.398 e. The molecule has 104 valence electrons. The smallest absolute Gasteiger partial charge is 0.0394 e. The molecule has 0 aliphatic heterocycles. The Kier molecular flexibility index (Phi) is 3.71. The van der Waals surface area contributed by atoms with Crippen LogP contribution in [0.4, 0.5) is 5.69 Å². The zero-order chi connectivity index (χ0) is 14.7. The minimum Gasteiger partial charge on any atom is -0.398 e. The molecule has 2 nitrogen and oxygen atoms in total. The van der Waals surface area contributed by atoms with Gasteiger partial charge in [0, 0.05) is 17.8 Å². The van der Waals surface area contributed by atoms with Crippen LogP contribution < -0.4 is 11.5 Å². The third kappa shape index (κ3) is 2.81. The highest BCUT2D eigenvalue weighted by Gasteiger charge is 2.05. The van der Waals surface area contributed by atoms with Crippen LogP contribution in [-0.4, -0.2) is 0 Å². The lowest BCUT2D eigenvalue weighted by atomic mass is 9.97. The van der Waals surface area contributed by atoms with Gasteiger partial charge in [-0.1, -0.05) is 54.6 Å². The fourth-order valence-corrected chi connectivity index (χ4v) is 2.48. The quantitative estimate of drug-likeness (QED) is 0.708. The summed E-state index contributed by atoms with van der Waals surface area (Å²) in [4.78, 5) is 0. The Labute approximate surface area is 125 Å². The lowest BCUT2D eigenvalue weighted by Crippen LogP contribution is -1.96. The first-order valence-corrected chi connectivity index (χ1v) is 7.02. The molecule has 0 amide bonds. The normalized spacial score (nSPS) is 10.5. The van der Waals surface area contributed by atoms with Gasteiger partial charge in [0.15, 0.2) is 0 Å². The summed E-state index contributed by atoms with van der Waals surface area (Å²) in [6.07, 6.45) is 0. The molecule has 3 rings (SSSR count). The molecule has 0 aromatic heterocycles. The molecule has 0 heterocycles. The molecule has 0 unspecified atom stereocenters. The van der Waals surface area contributed by atoms with Gasteiger partial charge < -0.3 is 11.5 Å². The van der Waals surface area contributed by atoms with Gasteiger partial charge >= 0.3 is 0 Å². The lowest BCUT2D eigenvalue weighted by Gasteiger charge is -2.10. The molecule has 0 atom stereocenters. The number of nitrogen functional groups attached to an aromatic ring is 1. The third-order valence-corrected chi connectivity index (χ3v) is 3.63. The summed E-state index contributed by atoms with van der Waals surface area (Å²) in [5.74, 6) is 0. The van der Waals surface area contributed by atoms with Gasteiger partial charge in [0.05, 0.1) is 0 Å². The van der Waals surface area contributed by atoms with Gasteiger partial charge in [-0.2, -0.15) is 0 Å². The van der Waals surface area contributed by atoms with E-state index >= 15 is 0 Å². The molecule has 0 bridgehead atoms. The van der Waals surface area contributed by atoms with Crippen LogP contribution >= 0.6 is 0 Å². The highest BCUT2D eigenvalue weighted by molar-refractivity contribution is 5.81. The van der Waals surface area contributed by atoms with Crippen molar-refractivity contribution in [3.8, 4) is 22.3 Å². The molecule has 4 N–H and O–H groups in total. The number of rotatable bonds is 3. The van der Waals surface area contributed by atoms with E-state index in [0.29, 0.717) is 6.54 Å². The second kappa shape index (κ2) is 5.81. The lowest BCUT2D eigenvalue weighted by molar-refractivity contribution is 1.07. The summed E-state index contributed by atoms with van der Waals surface area (Å²) in [7, 11) is 0. The van der Waals surface area contributed by atoms with Crippen molar-refractivity contribution >= 4 is 5.69 Å². The van der Waals surface area contributed by atoms with Gasteiger partial charge in [0.1, 0.15) is 0 Å². The molecule has 3 aromatic rings. The molecule has 0 aliphatic rings. The predicted octanol–water partition coefficient (Wildman–Crippen LogP) is 4.06. The van der Waals surface area contributed by atoms with Crippen molar-refractivity contribution in [2.24, 2.45) is 5.73 Å². The van der Waals surface area contributed by atoms with Crippen molar-refractivity contribution in [3.05, 3.63) is 78.4 Å². The molecule has 21 heavy (non-hydrogen) atoms. The molecular formula is C19H18N2. The Bertz CT molecular complexity index is 749. The van der Waals surface area contributed by atoms with Crippen molar-refractivity contribution in [1.82, 2.24) is 0 Å². The molecule has 0 saturated carbocycles. The Morgan fingerprint density at radius 3 is 2.14 bits per heavy atom. The summed E-state index contributed by atoms with van der Waals surface area (Å²) in [6, 6.07) is 24.7. The van der Waals surface area contributed by atoms with Crippen molar-refractivity contribution in [1.29, 1.82) is 0 Å². The SMILES string of the molecule is NCc1cccc(-c2ccc(N)c(-c3ccccc3)c2)c1. The Hall–Kier alpha value is -2.58. The van der Waals surface area contributed by atoms with E-state index in [1.165, 1.54) is 0 Å². The van der Waals surface area contributed by atoms with E-state index in [2.05, 4.69) is 36.4 Å². The number of benzene rings is 3. The van der Waals surface area contributed by atoms with E-state index in [1.807, 2.05) is 36.4 Å². The van der Waals surface area contributed by atoms with Gasteiger partial charge in [0.25, 0.3) is 0 Å². The first kappa shape index (κ1) is 13.4. The minimum atomic E-state index is 0.550. The number of nitrogens with two attached hydrogens (primary N) is 2. The standard InChI is InChI=1S/C19H18N2/c20-13-14-5-4-8-16(11-14)17-9-10-19(21)18(12-17)15-6-2-1-3-7-15/h1-12H,13,20-21H2. The molecule has 3 aromatic carbocycles. The van der Waals surface area contributed by atoms with Crippen LogP contribution in [0.1, 0.15) is 5.56 Å². The second-order valence-corrected chi connectivity index (χ2v) is 5.07. The Balaban J connectivity index is 2.09. The van der Waals surface area contributed by atoms with Crippen LogP contribution in [0.2, 0.25) is 0 Å². The van der Waals surface area contributed by atoms with Crippen LogP contribution in [0, 0.1) is 0 Å². The van der Waals surface area contributed by atoms with E-state index < -0.39 is 0 Å². The molecule has 0 aliphatic carbocycles. The summed E-state index contributed by atoms with van der Waals surface area (Å²) >= 11 is 0. The molecule has 0 fully saturated rings. The molecular weight excluding hydrogens is 256 g/mol. The van der Waals surface area contributed by atoms with Crippen molar-refractivity contribution < 1.29 is 0 Å². The summed E-state index contributed by atoms with van der Waals surface area (Å²) in [5.41, 5.74) is 18.3. The van der Waals surface area contributed by atoms with E-state index in [9.17, 15) is 0 Å². The third-order valence-electron chi connectivity index (χ3n) is 3.63. The average Bonchev–Trinajstić information content (AvgIpc) is 2.56. The first-order valence-electron chi connectivity index (χ1n) is 7.02. The molecule has 0 saturated heterocycles. The van der Waals surface area contributed by atoms with Gasteiger partial charge in [-0.25, -0.2) is 0 Å². The second-order valence-electron chi connectivity index (χ2n) is 5.07. The summed E-state index contributed by atoms with van der Waals surface area (Å²) in [6.45, 7) is 0.550. The predicted molar refractivity (Wildman–Crippen MR) is 89.6 cm³/mol. The van der Waals surface area contributed by atoms with Gasteiger partial charge in [-0.3, -0.25) is 0 Å². The zero-order valence-electron chi connectivity index (χ0n) is 11.8. The van der Waals surface area contributed by atoms with E-state index in [-0.39, 0.29) is 0 Å². The minimum absolute atomic E-state index is 0.550. The fraction of sp³-hybridized carbons (Fsp3) is 0.0526. The van der Waals surface area contributed by atoms with E-state index in [4.69, 9.17) is 11.5 Å². The first-order chi connectivity index (χ1) is 10.3. The highest BCUT2D eigenvalue weighted by Crippen LogP contribution is 2.31. The maximum Gasteiger partial charge on any atom is 0.0394 e. The summed E-state index contributed by atoms with van der Waals surface area (Å²) in [5, 5.41) is 0. The highest BCUT2D eigenvalue weighted by atomic mass is 14.6. The van der Waals surface area contributed by atoms with Gasteiger partial charge in [0.2, 0.25) is 0 Å². The van der Waals surface area contributed by atoms with Crippen molar-refractivity contribution in [2.45, 2.75) is 6.54 Å². The number of anilines is 1.